The van der Waals surface area contributed by atoms with Crippen molar-refractivity contribution in [2.24, 2.45) is 5.92 Å². The molecule has 0 bridgehead atoms. The predicted octanol–water partition coefficient (Wildman–Crippen LogP) is 2.92. The van der Waals surface area contributed by atoms with Gasteiger partial charge in [0.05, 0.1) is 0 Å². The number of nitrogens with one attached hydrogen (secondary N) is 2. The number of hydrogen-bond donors (Lipinski definition) is 2. The number of hydrogen-bond acceptors (Lipinski definition) is 6. The highest BCUT2D eigenvalue weighted by atomic mass is 35.5. The van der Waals surface area contributed by atoms with Crippen LogP contribution in [-0.2, 0) is 21.4 Å². The Morgan fingerprint density at radius 3 is 2.62 bits per heavy atom. The van der Waals surface area contributed by atoms with Gasteiger partial charge in [0.1, 0.15) is 0 Å². The number of sulfonamides is 1. The van der Waals surface area contributed by atoms with E-state index in [1.807, 2.05) is 0 Å². The Morgan fingerprint density at radius 2 is 2.00 bits per heavy atom. The van der Waals surface area contributed by atoms with Crippen LogP contribution in [0.3, 0.4) is 0 Å². The maximum Gasteiger partial charge on any atom is 0.270 e. The van der Waals surface area contributed by atoms with Gasteiger partial charge < -0.3 is 5.32 Å². The average molecular weight is 409 g/mol. The van der Waals surface area contributed by atoms with Crippen LogP contribution in [0, 0.1) is 5.92 Å². The highest BCUT2D eigenvalue weighted by Crippen LogP contribution is 2.23. The summed E-state index contributed by atoms with van der Waals surface area (Å²) in [7, 11) is -3.87. The van der Waals surface area contributed by atoms with Crippen molar-refractivity contribution in [3.8, 4) is 0 Å². The molecule has 1 aromatic heterocycles. The molecule has 0 fully saturated rings. The monoisotopic (exact) mass is 408 g/mol. The molecule has 0 aliphatic heterocycles. The summed E-state index contributed by atoms with van der Waals surface area (Å²) >= 11 is 12.6. The summed E-state index contributed by atoms with van der Waals surface area (Å²) in [5, 5.41) is 10.7. The number of amides is 1. The van der Waals surface area contributed by atoms with Gasteiger partial charge in [-0.3, -0.25) is 4.79 Å². The van der Waals surface area contributed by atoms with Crippen molar-refractivity contribution in [2.45, 2.75) is 24.7 Å². The maximum atomic E-state index is 12.2. The number of rotatable bonds is 6. The van der Waals surface area contributed by atoms with E-state index >= 15 is 0 Å². The molecular weight excluding hydrogens is 395 g/mol. The van der Waals surface area contributed by atoms with Gasteiger partial charge in [-0.25, -0.2) is 13.1 Å². The van der Waals surface area contributed by atoms with E-state index in [1.54, 1.807) is 26.0 Å². The first kappa shape index (κ1) is 19.1. The average Bonchev–Trinajstić information content (AvgIpc) is 2.95. The molecule has 130 valence electrons. The smallest absolute Gasteiger partial charge is 0.270 e. The van der Waals surface area contributed by atoms with Crippen molar-refractivity contribution >= 4 is 55.6 Å². The van der Waals surface area contributed by atoms with Gasteiger partial charge in [-0.05, 0) is 17.7 Å². The Bertz CT molecular complexity index is 853. The molecule has 0 aliphatic carbocycles. The summed E-state index contributed by atoms with van der Waals surface area (Å²) in [6.45, 7) is 3.41. The highest BCUT2D eigenvalue weighted by Gasteiger charge is 2.21. The van der Waals surface area contributed by atoms with Crippen molar-refractivity contribution in [1.82, 2.24) is 14.9 Å². The van der Waals surface area contributed by atoms with Crippen molar-refractivity contribution in [3.63, 3.8) is 0 Å². The van der Waals surface area contributed by atoms with Crippen LogP contribution in [0.1, 0.15) is 19.4 Å². The molecule has 0 unspecified atom stereocenters. The Balaban J connectivity index is 2.08. The second kappa shape index (κ2) is 7.75. The minimum absolute atomic E-state index is 0.0222. The molecule has 2 N–H and O–H groups in total. The quantitative estimate of drug-likeness (QED) is 0.715. The lowest BCUT2D eigenvalue weighted by Gasteiger charge is -2.06. The summed E-state index contributed by atoms with van der Waals surface area (Å²) < 4.78 is 26.6. The Hall–Kier alpha value is -1.26. The first-order valence-corrected chi connectivity index (χ1v) is 9.82. The molecule has 0 aliphatic rings. The van der Waals surface area contributed by atoms with Gasteiger partial charge in [0.2, 0.25) is 15.4 Å². The van der Waals surface area contributed by atoms with Crippen LogP contribution in [0.15, 0.2) is 22.5 Å². The standard InChI is InChI=1S/C13H14Cl2N4O3S2/c1-7(2)11(20)17-12-18-19-13(23-12)24(21,22)16-6-8-3-4-9(14)5-10(8)15/h3-5,7,16H,6H2,1-2H3,(H,17,18,20). The van der Waals surface area contributed by atoms with Gasteiger partial charge in [0.15, 0.2) is 0 Å². The summed E-state index contributed by atoms with van der Waals surface area (Å²) in [5.41, 5.74) is 0.572. The van der Waals surface area contributed by atoms with E-state index in [2.05, 4.69) is 20.2 Å². The second-order valence-corrected chi connectivity index (χ2v) is 8.84. The number of aromatic nitrogens is 2. The van der Waals surface area contributed by atoms with E-state index in [-0.39, 0.29) is 27.8 Å². The summed E-state index contributed by atoms with van der Waals surface area (Å²) in [5.74, 6) is -0.518. The molecule has 1 heterocycles. The van der Waals surface area contributed by atoms with Crippen molar-refractivity contribution in [1.29, 1.82) is 0 Å². The topological polar surface area (TPSA) is 101 Å². The zero-order chi connectivity index (χ0) is 17.9. The number of nitrogens with zero attached hydrogens (tertiary/aromatic N) is 2. The zero-order valence-electron chi connectivity index (χ0n) is 12.7. The van der Waals surface area contributed by atoms with Gasteiger partial charge in [-0.15, -0.1) is 10.2 Å². The molecule has 11 heteroatoms. The highest BCUT2D eigenvalue weighted by molar-refractivity contribution is 7.91. The molecule has 0 saturated heterocycles. The Labute approximate surface area is 153 Å². The fourth-order valence-corrected chi connectivity index (χ4v) is 3.94. The predicted molar refractivity (Wildman–Crippen MR) is 93.9 cm³/mol. The molecule has 2 aromatic rings. The van der Waals surface area contributed by atoms with Gasteiger partial charge in [0.25, 0.3) is 10.0 Å². The van der Waals surface area contributed by atoms with Crippen molar-refractivity contribution in [3.05, 3.63) is 33.8 Å². The molecule has 0 atom stereocenters. The van der Waals surface area contributed by atoms with E-state index in [9.17, 15) is 13.2 Å². The largest absolute Gasteiger partial charge is 0.300 e. The zero-order valence-corrected chi connectivity index (χ0v) is 15.9. The van der Waals surface area contributed by atoms with Gasteiger partial charge in [-0.1, -0.05) is 54.5 Å². The van der Waals surface area contributed by atoms with E-state index in [0.29, 0.717) is 15.6 Å². The third-order valence-corrected chi connectivity index (χ3v) is 6.05. The molecule has 24 heavy (non-hydrogen) atoms. The lowest BCUT2D eigenvalue weighted by Crippen LogP contribution is -2.23. The van der Waals surface area contributed by atoms with Gasteiger partial charge in [-0.2, -0.15) is 0 Å². The third kappa shape index (κ3) is 4.87. The number of benzene rings is 1. The van der Waals surface area contributed by atoms with E-state index in [1.165, 1.54) is 6.07 Å². The number of carbonyl (C=O) groups excluding carboxylic acids is 1. The fourth-order valence-electron chi connectivity index (χ4n) is 1.52. The molecule has 0 saturated carbocycles. The number of carbonyl (C=O) groups is 1. The van der Waals surface area contributed by atoms with E-state index in [0.717, 1.165) is 11.3 Å². The van der Waals surface area contributed by atoms with E-state index < -0.39 is 10.0 Å². The molecule has 1 amide bonds. The van der Waals surface area contributed by atoms with Crippen molar-refractivity contribution < 1.29 is 13.2 Å². The normalized spacial score (nSPS) is 11.7. The number of anilines is 1. The minimum Gasteiger partial charge on any atom is -0.300 e. The molecule has 1 aromatic carbocycles. The first-order valence-electron chi connectivity index (χ1n) is 6.77. The van der Waals surface area contributed by atoms with Crippen LogP contribution in [0.2, 0.25) is 10.0 Å². The molecule has 0 radical (unpaired) electrons. The third-order valence-electron chi connectivity index (χ3n) is 2.86. The van der Waals surface area contributed by atoms with Crippen LogP contribution in [0.5, 0.6) is 0 Å². The summed E-state index contributed by atoms with van der Waals surface area (Å²) in [6.07, 6.45) is 0. The van der Waals surface area contributed by atoms with Crippen LogP contribution >= 0.6 is 34.5 Å². The lowest BCUT2D eigenvalue weighted by atomic mass is 10.2. The SMILES string of the molecule is CC(C)C(=O)Nc1nnc(S(=O)(=O)NCc2ccc(Cl)cc2Cl)s1. The fraction of sp³-hybridized carbons (Fsp3) is 0.308. The van der Waals surface area contributed by atoms with Gasteiger partial charge >= 0.3 is 0 Å². The Morgan fingerprint density at radius 1 is 1.29 bits per heavy atom. The summed E-state index contributed by atoms with van der Waals surface area (Å²) in [6, 6.07) is 4.76. The molecular formula is C13H14Cl2N4O3S2. The Kier molecular flexibility index (Phi) is 6.16. The van der Waals surface area contributed by atoms with E-state index in [4.69, 9.17) is 23.2 Å². The summed E-state index contributed by atoms with van der Waals surface area (Å²) in [4.78, 5) is 11.6. The number of halogens is 2. The van der Waals surface area contributed by atoms with Crippen LogP contribution in [0.4, 0.5) is 5.13 Å². The molecule has 2 rings (SSSR count). The molecule has 0 spiro atoms. The lowest BCUT2D eigenvalue weighted by molar-refractivity contribution is -0.118. The molecule has 7 nitrogen and oxygen atoms in total. The first-order chi connectivity index (χ1) is 11.2. The maximum absolute atomic E-state index is 12.2. The van der Waals surface area contributed by atoms with Crippen LogP contribution in [-0.4, -0.2) is 24.5 Å². The van der Waals surface area contributed by atoms with Crippen molar-refractivity contribution in [2.75, 3.05) is 5.32 Å². The van der Waals surface area contributed by atoms with Crippen LogP contribution in [0.25, 0.3) is 0 Å². The second-order valence-electron chi connectivity index (χ2n) is 5.08. The minimum atomic E-state index is -3.87. The van der Waals surface area contributed by atoms with Gasteiger partial charge in [0, 0.05) is 22.5 Å². The van der Waals surface area contributed by atoms with Crippen LogP contribution < -0.4 is 10.0 Å².